The molecule has 4 heterocycles. The normalized spacial score (nSPS) is 15.5. The second-order valence-electron chi connectivity index (χ2n) is 14.7. The minimum atomic E-state index is -1.68. The van der Waals surface area contributed by atoms with Crippen LogP contribution in [-0.4, -0.2) is 78.0 Å². The molecule has 7 amide bonds. The van der Waals surface area contributed by atoms with E-state index in [0.717, 1.165) is 16.7 Å². The fraction of sp³-hybridized carbons (Fsp3) is 0.300. The Balaban J connectivity index is 0.869. The third-order valence-electron chi connectivity index (χ3n) is 9.70. The van der Waals surface area contributed by atoms with Crippen molar-refractivity contribution in [3.63, 3.8) is 0 Å². The number of carbonyl (C=O) groups excluding carboxylic acids is 5. The molecule has 0 radical (unpaired) electrons. The average molecular weight is 777 g/mol. The number of nitrogens with zero attached hydrogens (tertiary/aromatic N) is 5. The number of imidazole rings is 1. The Hall–Kier alpha value is -7.04. The van der Waals surface area contributed by atoms with Crippen LogP contribution in [0.5, 0.6) is 5.75 Å². The van der Waals surface area contributed by atoms with Crippen LogP contribution in [0.15, 0.2) is 77.6 Å². The van der Waals surface area contributed by atoms with Crippen LogP contribution >= 0.6 is 0 Å². The van der Waals surface area contributed by atoms with E-state index < -0.39 is 35.9 Å². The van der Waals surface area contributed by atoms with Crippen LogP contribution in [0.4, 0.5) is 26.8 Å². The van der Waals surface area contributed by atoms with Gasteiger partial charge in [0, 0.05) is 65.1 Å². The first-order valence-corrected chi connectivity index (χ1v) is 18.3. The van der Waals surface area contributed by atoms with Gasteiger partial charge in [0.2, 0.25) is 11.8 Å². The molecule has 57 heavy (non-hydrogen) atoms. The molecule has 0 spiro atoms. The summed E-state index contributed by atoms with van der Waals surface area (Å²) in [5.41, 5.74) is 4.05. The van der Waals surface area contributed by atoms with Gasteiger partial charge in [0.25, 0.3) is 11.8 Å². The van der Waals surface area contributed by atoms with Crippen LogP contribution in [0, 0.1) is 0 Å². The summed E-state index contributed by atoms with van der Waals surface area (Å²) in [6, 6.07) is 17.9. The van der Waals surface area contributed by atoms with E-state index in [1.165, 1.54) is 4.90 Å². The van der Waals surface area contributed by atoms with Crippen molar-refractivity contribution >= 4 is 64.0 Å². The van der Waals surface area contributed by atoms with Crippen molar-refractivity contribution in [2.75, 3.05) is 22.6 Å². The summed E-state index contributed by atoms with van der Waals surface area (Å²) in [4.78, 5) is 80.9. The summed E-state index contributed by atoms with van der Waals surface area (Å²) >= 11 is 0. The van der Waals surface area contributed by atoms with Crippen LogP contribution in [0.25, 0.3) is 16.7 Å². The Kier molecular flexibility index (Phi) is 10.5. The number of hydrogen-bond acceptors (Lipinski definition) is 10. The molecule has 17 nitrogen and oxygen atoms in total. The Labute approximate surface area is 325 Å². The number of urea groups is 1. The zero-order chi connectivity index (χ0) is 40.4. The molecule has 1 fully saturated rings. The number of benzene rings is 3. The van der Waals surface area contributed by atoms with Crippen LogP contribution in [-0.2, 0) is 26.3 Å². The number of imide groups is 3. The van der Waals surface area contributed by atoms with Crippen molar-refractivity contribution in [3.8, 4) is 11.4 Å². The van der Waals surface area contributed by atoms with Crippen LogP contribution in [0.3, 0.4) is 0 Å². The van der Waals surface area contributed by atoms with E-state index in [1.807, 2.05) is 55.7 Å². The van der Waals surface area contributed by atoms with Gasteiger partial charge >= 0.3 is 12.1 Å². The third kappa shape index (κ3) is 8.17. The minimum absolute atomic E-state index is 0.00602. The lowest BCUT2D eigenvalue weighted by molar-refractivity contribution is -0.149. The highest BCUT2D eigenvalue weighted by Crippen LogP contribution is 2.34. The molecule has 4 N–H and O–H groups in total. The highest BCUT2D eigenvalue weighted by atomic mass is 16.5. The molecule has 0 saturated carbocycles. The lowest BCUT2D eigenvalue weighted by Gasteiger charge is -2.33. The molecule has 5 aromatic rings. The van der Waals surface area contributed by atoms with Crippen molar-refractivity contribution < 1.29 is 43.1 Å². The molecule has 0 aliphatic carbocycles. The van der Waals surface area contributed by atoms with Gasteiger partial charge in [-0.1, -0.05) is 32.0 Å². The van der Waals surface area contributed by atoms with Crippen molar-refractivity contribution in [2.45, 2.75) is 70.9 Å². The van der Waals surface area contributed by atoms with Gasteiger partial charge in [-0.25, -0.2) is 14.6 Å². The van der Waals surface area contributed by atoms with E-state index >= 15 is 0 Å². The number of amides is 7. The number of carbonyl (C=O) groups is 6. The predicted octanol–water partition coefficient (Wildman–Crippen LogP) is 6.29. The number of aromatic nitrogens is 3. The SMILES string of the molecule is CC(C)(C)c1cc(NC(=O)Nc2ccc(-n3cnc4cc(OCCCCC(=O)Nc5cccc6c5CN(C5CCC(=O)N(C(=O)O)C5=O)C6=O)ccc43)cc2)no1. The van der Waals surface area contributed by atoms with E-state index in [1.54, 1.807) is 42.7 Å². The van der Waals surface area contributed by atoms with Crippen molar-refractivity contribution in [1.82, 2.24) is 24.5 Å². The van der Waals surface area contributed by atoms with Gasteiger partial charge < -0.3 is 29.9 Å². The molecular formula is C40H40N8O9. The maximum absolute atomic E-state index is 13.2. The molecule has 2 aliphatic heterocycles. The fourth-order valence-electron chi connectivity index (χ4n) is 6.73. The Morgan fingerprint density at radius 3 is 2.49 bits per heavy atom. The monoisotopic (exact) mass is 776 g/mol. The number of likely N-dealkylation sites (tertiary alicyclic amines) is 1. The van der Waals surface area contributed by atoms with Crippen molar-refractivity contribution in [3.05, 3.63) is 89.9 Å². The van der Waals surface area contributed by atoms with Crippen LogP contribution < -0.4 is 20.7 Å². The molecule has 7 rings (SSSR count). The van der Waals surface area contributed by atoms with Gasteiger partial charge in [0.05, 0.1) is 17.6 Å². The predicted molar refractivity (Wildman–Crippen MR) is 206 cm³/mol. The van der Waals surface area contributed by atoms with Gasteiger partial charge in [0.1, 0.15) is 23.9 Å². The molecule has 1 unspecified atom stereocenters. The molecule has 1 atom stereocenters. The van der Waals surface area contributed by atoms with Crippen molar-refractivity contribution in [2.24, 2.45) is 0 Å². The standard InChI is InChI=1S/C40H40N8O9/c1-40(2,3)32-20-33(45-57-32)44-38(53)42-23-10-12-24(13-11-23)47-22-41-29-19-25(14-15-30(29)47)56-18-5-4-9-34(49)43-28-8-6-7-26-27(28)21-46(36(26)51)31-16-17-35(50)48(37(31)52)39(54)55/h6-8,10-15,19-20,22,31H,4-5,9,16-18,21H2,1-3H3,(H,43,49)(H,54,55)(H2,42,44,45,53). The highest BCUT2D eigenvalue weighted by molar-refractivity contribution is 6.13. The number of nitrogens with one attached hydrogen (secondary N) is 3. The average Bonchev–Trinajstić information content (AvgIpc) is 3.90. The van der Waals surface area contributed by atoms with E-state index in [-0.39, 0.29) is 42.0 Å². The molecule has 0 bridgehead atoms. The smallest absolute Gasteiger partial charge is 0.421 e. The second kappa shape index (κ2) is 15.6. The van der Waals surface area contributed by atoms with Gasteiger partial charge in [-0.3, -0.25) is 29.1 Å². The Morgan fingerprint density at radius 1 is 0.965 bits per heavy atom. The first kappa shape index (κ1) is 38.2. The maximum atomic E-state index is 13.2. The van der Waals surface area contributed by atoms with E-state index in [4.69, 9.17) is 9.26 Å². The van der Waals surface area contributed by atoms with Gasteiger partial charge in [-0.2, -0.15) is 4.90 Å². The number of anilines is 3. The summed E-state index contributed by atoms with van der Waals surface area (Å²) < 4.78 is 13.2. The minimum Gasteiger partial charge on any atom is -0.494 e. The largest absolute Gasteiger partial charge is 0.494 e. The lowest BCUT2D eigenvalue weighted by Crippen LogP contribution is -2.56. The van der Waals surface area contributed by atoms with Gasteiger partial charge in [-0.05, 0) is 67.8 Å². The molecule has 1 saturated heterocycles. The van der Waals surface area contributed by atoms with Gasteiger partial charge in [-0.15, -0.1) is 0 Å². The zero-order valence-corrected chi connectivity index (χ0v) is 31.4. The second-order valence-corrected chi connectivity index (χ2v) is 14.7. The molecule has 2 aromatic heterocycles. The fourth-order valence-corrected chi connectivity index (χ4v) is 6.73. The van der Waals surface area contributed by atoms with E-state index in [9.17, 15) is 33.9 Å². The Bertz CT molecular complexity index is 2400. The van der Waals surface area contributed by atoms with E-state index in [2.05, 4.69) is 26.1 Å². The summed E-state index contributed by atoms with van der Waals surface area (Å²) in [6.45, 7) is 6.33. The molecule has 3 aromatic carbocycles. The number of carboxylic acid groups (broad SMARTS) is 1. The first-order valence-electron chi connectivity index (χ1n) is 18.3. The Morgan fingerprint density at radius 2 is 1.75 bits per heavy atom. The first-order chi connectivity index (χ1) is 27.3. The van der Waals surface area contributed by atoms with E-state index in [0.29, 0.717) is 59.3 Å². The molecular weight excluding hydrogens is 736 g/mol. The highest BCUT2D eigenvalue weighted by Gasteiger charge is 2.45. The number of ether oxygens (including phenoxy) is 1. The number of unbranched alkanes of at least 4 members (excludes halogenated alkanes) is 1. The van der Waals surface area contributed by atoms with Crippen LogP contribution in [0.1, 0.15) is 74.6 Å². The summed E-state index contributed by atoms with van der Waals surface area (Å²) in [5, 5.41) is 21.6. The topological polar surface area (TPSA) is 218 Å². The van der Waals surface area contributed by atoms with Gasteiger partial charge in [0.15, 0.2) is 5.82 Å². The number of fused-ring (bicyclic) bond motifs is 2. The molecule has 2 aliphatic rings. The third-order valence-corrected chi connectivity index (χ3v) is 9.70. The number of rotatable bonds is 11. The number of piperidine rings is 1. The summed E-state index contributed by atoms with van der Waals surface area (Å²) in [5.74, 6) is -0.888. The summed E-state index contributed by atoms with van der Waals surface area (Å²) in [6.07, 6.45) is 1.19. The molecule has 294 valence electrons. The number of hydrogen-bond donors (Lipinski definition) is 4. The molecule has 17 heteroatoms. The lowest BCUT2D eigenvalue weighted by atomic mass is 9.93. The summed E-state index contributed by atoms with van der Waals surface area (Å²) in [7, 11) is 0. The quantitative estimate of drug-likeness (QED) is 0.0862. The van der Waals surface area contributed by atoms with Crippen molar-refractivity contribution in [1.29, 1.82) is 0 Å². The van der Waals surface area contributed by atoms with Crippen LogP contribution in [0.2, 0.25) is 0 Å². The zero-order valence-electron chi connectivity index (χ0n) is 31.4. The maximum Gasteiger partial charge on any atom is 0.421 e.